The van der Waals surface area contributed by atoms with Gasteiger partial charge in [-0.3, -0.25) is 0 Å². The van der Waals surface area contributed by atoms with E-state index in [9.17, 15) is 8.42 Å². The molecule has 1 unspecified atom stereocenters. The molecule has 3 N–H and O–H groups in total. The van der Waals surface area contributed by atoms with Crippen LogP contribution in [-0.4, -0.2) is 30.1 Å². The van der Waals surface area contributed by atoms with Gasteiger partial charge in [0.2, 0.25) is 0 Å². The van der Waals surface area contributed by atoms with Crippen molar-refractivity contribution in [1.82, 2.24) is 14.3 Å². The third kappa shape index (κ3) is 3.77. The summed E-state index contributed by atoms with van der Waals surface area (Å²) in [5.41, 5.74) is 5.00. The molecule has 19 heavy (non-hydrogen) atoms. The topological polar surface area (TPSA) is 90.0 Å². The van der Waals surface area contributed by atoms with Crippen LogP contribution in [0, 0.1) is 6.92 Å². The van der Waals surface area contributed by atoms with Crippen LogP contribution in [0.1, 0.15) is 39.4 Å². The van der Waals surface area contributed by atoms with Crippen LogP contribution in [0.3, 0.4) is 0 Å². The van der Waals surface area contributed by atoms with E-state index in [1.807, 2.05) is 18.4 Å². The first-order valence-electron chi connectivity index (χ1n) is 6.56. The maximum Gasteiger partial charge on any atom is 0.260 e. The monoisotopic (exact) mass is 288 g/mol. The van der Waals surface area contributed by atoms with Crippen molar-refractivity contribution in [3.63, 3.8) is 0 Å². The lowest BCUT2D eigenvalue weighted by Crippen LogP contribution is -2.50. The molecule has 0 radical (unpaired) electrons. The molecule has 1 aromatic heterocycles. The van der Waals surface area contributed by atoms with Gasteiger partial charge in [-0.1, -0.05) is 13.8 Å². The second-order valence-electron chi connectivity index (χ2n) is 5.04. The van der Waals surface area contributed by atoms with Gasteiger partial charge in [0.25, 0.3) is 10.0 Å². The second kappa shape index (κ2) is 6.02. The van der Waals surface area contributed by atoms with Gasteiger partial charge < -0.3 is 10.3 Å². The number of nitrogens with two attached hydrogens (primary N) is 1. The van der Waals surface area contributed by atoms with Crippen molar-refractivity contribution < 1.29 is 8.42 Å². The standard InChI is InChI=1S/C12H24N4O2S/c1-5-7-16-8-11(14-10(16)3)19(17,18)15-12(4,6-2)9-13/h8,15H,5-7,9,13H2,1-4H3. The van der Waals surface area contributed by atoms with Gasteiger partial charge in [0, 0.05) is 24.8 Å². The average Bonchev–Trinajstić information content (AvgIpc) is 2.72. The van der Waals surface area contributed by atoms with Gasteiger partial charge in [0.05, 0.1) is 0 Å². The normalized spacial score (nSPS) is 15.4. The minimum atomic E-state index is -3.62. The Morgan fingerprint density at radius 3 is 2.58 bits per heavy atom. The van der Waals surface area contributed by atoms with E-state index < -0.39 is 15.6 Å². The number of sulfonamides is 1. The van der Waals surface area contributed by atoms with Gasteiger partial charge in [-0.15, -0.1) is 0 Å². The molecule has 0 saturated carbocycles. The molecule has 1 heterocycles. The Hall–Kier alpha value is -0.920. The Kier molecular flexibility index (Phi) is 5.11. The summed E-state index contributed by atoms with van der Waals surface area (Å²) >= 11 is 0. The number of aromatic nitrogens is 2. The number of hydrogen-bond donors (Lipinski definition) is 2. The van der Waals surface area contributed by atoms with E-state index in [4.69, 9.17) is 5.73 Å². The Labute approximate surface area is 115 Å². The third-order valence-corrected chi connectivity index (χ3v) is 4.81. The first-order chi connectivity index (χ1) is 8.78. The van der Waals surface area contributed by atoms with Crippen LogP contribution in [0.25, 0.3) is 0 Å². The fourth-order valence-corrected chi connectivity index (χ4v) is 3.21. The molecule has 0 spiro atoms. The Bertz CT molecular complexity index is 518. The van der Waals surface area contributed by atoms with E-state index in [2.05, 4.69) is 9.71 Å². The zero-order chi connectivity index (χ0) is 14.7. The molecule has 6 nitrogen and oxygen atoms in total. The summed E-state index contributed by atoms with van der Waals surface area (Å²) in [5, 5.41) is 0.0616. The summed E-state index contributed by atoms with van der Waals surface area (Å²) in [5.74, 6) is 0.702. The molecule has 0 aliphatic heterocycles. The van der Waals surface area contributed by atoms with Crippen LogP contribution in [0.5, 0.6) is 0 Å². The predicted molar refractivity (Wildman–Crippen MR) is 75.3 cm³/mol. The lowest BCUT2D eigenvalue weighted by molar-refractivity contribution is 0.410. The summed E-state index contributed by atoms with van der Waals surface area (Å²) in [4.78, 5) is 4.13. The molecule has 1 atom stereocenters. The number of imidazole rings is 1. The first kappa shape index (κ1) is 16.1. The number of rotatable bonds is 7. The van der Waals surface area contributed by atoms with E-state index in [1.165, 1.54) is 0 Å². The summed E-state index contributed by atoms with van der Waals surface area (Å²) in [6.07, 6.45) is 3.13. The molecule has 0 bridgehead atoms. The fraction of sp³-hybridized carbons (Fsp3) is 0.750. The lowest BCUT2D eigenvalue weighted by atomic mass is 10.0. The smallest absolute Gasteiger partial charge is 0.260 e. The Balaban J connectivity index is 3.04. The van der Waals surface area contributed by atoms with Crippen LogP contribution in [-0.2, 0) is 16.6 Å². The first-order valence-corrected chi connectivity index (χ1v) is 8.04. The molecular formula is C12H24N4O2S. The molecule has 0 aromatic carbocycles. The molecule has 7 heteroatoms. The van der Waals surface area contributed by atoms with E-state index in [0.717, 1.165) is 13.0 Å². The van der Waals surface area contributed by atoms with Crippen molar-refractivity contribution >= 4 is 10.0 Å². The minimum Gasteiger partial charge on any atom is -0.334 e. The molecule has 0 fully saturated rings. The largest absolute Gasteiger partial charge is 0.334 e. The highest BCUT2D eigenvalue weighted by Gasteiger charge is 2.29. The Morgan fingerprint density at radius 2 is 2.11 bits per heavy atom. The fourth-order valence-electron chi connectivity index (χ4n) is 1.71. The van der Waals surface area contributed by atoms with Crippen molar-refractivity contribution in [3.05, 3.63) is 12.0 Å². The van der Waals surface area contributed by atoms with Crippen molar-refractivity contribution in [2.75, 3.05) is 6.54 Å². The van der Waals surface area contributed by atoms with Gasteiger partial charge in [0.1, 0.15) is 5.82 Å². The van der Waals surface area contributed by atoms with Crippen LogP contribution in [0.15, 0.2) is 11.2 Å². The number of nitrogens with one attached hydrogen (secondary N) is 1. The molecule has 0 amide bonds. The van der Waals surface area contributed by atoms with Gasteiger partial charge in [-0.2, -0.15) is 0 Å². The number of hydrogen-bond acceptors (Lipinski definition) is 4. The zero-order valence-corrected chi connectivity index (χ0v) is 12.9. The summed E-state index contributed by atoms with van der Waals surface area (Å²) < 4.78 is 29.1. The molecule has 1 rings (SSSR count). The van der Waals surface area contributed by atoms with Gasteiger partial charge in [-0.25, -0.2) is 18.1 Å². The van der Waals surface area contributed by atoms with Crippen LogP contribution < -0.4 is 10.5 Å². The molecule has 0 aliphatic carbocycles. The second-order valence-corrected chi connectivity index (χ2v) is 6.67. The van der Waals surface area contributed by atoms with Crippen LogP contribution in [0.4, 0.5) is 0 Å². The lowest BCUT2D eigenvalue weighted by Gasteiger charge is -2.26. The quantitative estimate of drug-likeness (QED) is 0.783. The SMILES string of the molecule is CCCn1cc(S(=O)(=O)NC(C)(CC)CN)nc1C. The molecule has 0 aliphatic rings. The maximum absolute atomic E-state index is 12.3. The maximum atomic E-state index is 12.3. The molecular weight excluding hydrogens is 264 g/mol. The summed E-state index contributed by atoms with van der Waals surface area (Å²) in [6, 6.07) is 0. The minimum absolute atomic E-state index is 0.0616. The molecule has 0 saturated heterocycles. The van der Waals surface area contributed by atoms with Crippen molar-refractivity contribution in [1.29, 1.82) is 0 Å². The van der Waals surface area contributed by atoms with Crippen LogP contribution >= 0.6 is 0 Å². The summed E-state index contributed by atoms with van der Waals surface area (Å²) in [7, 11) is -3.62. The third-order valence-electron chi connectivity index (χ3n) is 3.31. The highest BCUT2D eigenvalue weighted by Crippen LogP contribution is 2.15. The highest BCUT2D eigenvalue weighted by atomic mass is 32.2. The van der Waals surface area contributed by atoms with Crippen LogP contribution in [0.2, 0.25) is 0 Å². The van der Waals surface area contributed by atoms with Gasteiger partial charge in [0.15, 0.2) is 5.03 Å². The number of aryl methyl sites for hydroxylation is 2. The highest BCUT2D eigenvalue weighted by molar-refractivity contribution is 7.89. The van der Waals surface area contributed by atoms with Crippen molar-refractivity contribution in [3.8, 4) is 0 Å². The van der Waals surface area contributed by atoms with Gasteiger partial charge >= 0.3 is 0 Å². The van der Waals surface area contributed by atoms with E-state index >= 15 is 0 Å². The number of nitrogens with zero attached hydrogens (tertiary/aromatic N) is 2. The van der Waals surface area contributed by atoms with Crippen molar-refractivity contribution in [2.24, 2.45) is 5.73 Å². The van der Waals surface area contributed by atoms with Gasteiger partial charge in [-0.05, 0) is 26.7 Å². The molecule has 110 valence electrons. The van der Waals surface area contributed by atoms with E-state index in [-0.39, 0.29) is 11.6 Å². The Morgan fingerprint density at radius 1 is 1.47 bits per heavy atom. The average molecular weight is 288 g/mol. The predicted octanol–water partition coefficient (Wildman–Crippen LogP) is 1.01. The van der Waals surface area contributed by atoms with Crippen molar-refractivity contribution in [2.45, 2.75) is 57.6 Å². The van der Waals surface area contributed by atoms with E-state index in [0.29, 0.717) is 12.2 Å². The zero-order valence-electron chi connectivity index (χ0n) is 12.1. The van der Waals surface area contributed by atoms with E-state index in [1.54, 1.807) is 20.0 Å². The summed E-state index contributed by atoms with van der Waals surface area (Å²) in [6.45, 7) is 8.54. The molecule has 1 aromatic rings.